The van der Waals surface area contributed by atoms with Gasteiger partial charge in [-0.25, -0.2) is 14.4 Å². The first-order valence-corrected chi connectivity index (χ1v) is 12.9. The predicted molar refractivity (Wildman–Crippen MR) is 137 cm³/mol. The molecule has 0 saturated heterocycles. The van der Waals surface area contributed by atoms with Crippen molar-refractivity contribution in [1.29, 1.82) is 0 Å². The molecule has 0 spiro atoms. The number of nitrogens with one attached hydrogen (secondary N) is 2. The molecule has 8 nitrogen and oxygen atoms in total. The minimum Gasteiger partial charge on any atom is -0.395 e. The molecular formula is C24H21BrFN5O3S. The summed E-state index contributed by atoms with van der Waals surface area (Å²) in [5, 5.41) is 15.3. The Morgan fingerprint density at radius 3 is 2.57 bits per heavy atom. The monoisotopic (exact) mass is 557 g/mol. The number of amides is 1. The number of aliphatic hydroxyl groups is 1. The van der Waals surface area contributed by atoms with Crippen LogP contribution in [-0.4, -0.2) is 54.8 Å². The van der Waals surface area contributed by atoms with E-state index in [1.54, 1.807) is 24.4 Å². The molecule has 35 heavy (non-hydrogen) atoms. The lowest BCUT2D eigenvalue weighted by atomic mass is 10.0. The molecular weight excluding hydrogens is 537 g/mol. The molecule has 2 heterocycles. The highest BCUT2D eigenvalue weighted by Gasteiger charge is 2.19. The molecule has 4 aromatic rings. The number of carbonyl (C=O) groups excluding carboxylic acids is 1. The third-order valence-electron chi connectivity index (χ3n) is 4.98. The van der Waals surface area contributed by atoms with Crippen LogP contribution in [0.5, 0.6) is 0 Å². The number of benzene rings is 2. The second-order valence-electron chi connectivity index (χ2n) is 7.43. The van der Waals surface area contributed by atoms with Gasteiger partial charge in [-0.3, -0.25) is 9.00 Å². The first kappa shape index (κ1) is 24.8. The maximum atomic E-state index is 13.2. The van der Waals surface area contributed by atoms with Gasteiger partial charge < -0.3 is 15.7 Å². The van der Waals surface area contributed by atoms with Crippen molar-refractivity contribution in [2.24, 2.45) is 0 Å². The normalized spacial score (nSPS) is 11.9. The molecule has 11 heteroatoms. The smallest absolute Gasteiger partial charge is 0.270 e. The summed E-state index contributed by atoms with van der Waals surface area (Å²) in [5.41, 5.74) is 2.41. The number of hydrogen-bond acceptors (Lipinski definition) is 7. The summed E-state index contributed by atoms with van der Waals surface area (Å²) in [6, 6.07) is 15.0. The lowest BCUT2D eigenvalue weighted by Crippen LogP contribution is -2.29. The van der Waals surface area contributed by atoms with Crippen molar-refractivity contribution in [3.8, 4) is 11.1 Å². The first-order valence-electron chi connectivity index (χ1n) is 10.6. The van der Waals surface area contributed by atoms with E-state index in [0.29, 0.717) is 22.3 Å². The molecule has 0 aliphatic rings. The van der Waals surface area contributed by atoms with Crippen molar-refractivity contribution in [2.45, 2.75) is 0 Å². The zero-order valence-electron chi connectivity index (χ0n) is 18.4. The number of nitrogens with zero attached hydrogens (tertiary/aromatic N) is 3. The number of aliphatic hydroxyl groups excluding tert-OH is 1. The summed E-state index contributed by atoms with van der Waals surface area (Å²) < 4.78 is 25.8. The summed E-state index contributed by atoms with van der Waals surface area (Å²) in [7, 11) is -1.23. The molecule has 2 aromatic heterocycles. The van der Waals surface area contributed by atoms with Gasteiger partial charge in [0.25, 0.3) is 5.91 Å². The largest absolute Gasteiger partial charge is 0.395 e. The van der Waals surface area contributed by atoms with Gasteiger partial charge in [0.15, 0.2) is 5.65 Å². The minimum atomic E-state index is -1.23. The van der Waals surface area contributed by atoms with Crippen LogP contribution in [0.2, 0.25) is 0 Å². The summed E-state index contributed by atoms with van der Waals surface area (Å²) in [5.74, 6) is -0.168. The zero-order chi connectivity index (χ0) is 24.8. The van der Waals surface area contributed by atoms with Gasteiger partial charge >= 0.3 is 0 Å². The van der Waals surface area contributed by atoms with E-state index in [-0.39, 0.29) is 42.1 Å². The van der Waals surface area contributed by atoms with Crippen LogP contribution in [0.3, 0.4) is 0 Å². The number of rotatable bonds is 9. The van der Waals surface area contributed by atoms with Crippen LogP contribution in [0.1, 0.15) is 10.5 Å². The molecule has 1 unspecified atom stereocenters. The Kier molecular flexibility index (Phi) is 8.11. The fourth-order valence-corrected chi connectivity index (χ4v) is 4.55. The lowest BCUT2D eigenvalue weighted by Gasteiger charge is -2.13. The highest BCUT2D eigenvalue weighted by Crippen LogP contribution is 2.32. The van der Waals surface area contributed by atoms with Crippen LogP contribution in [0, 0.1) is 5.82 Å². The molecule has 0 fully saturated rings. The number of fused-ring (bicyclic) bond motifs is 1. The van der Waals surface area contributed by atoms with Crippen LogP contribution in [0.15, 0.2) is 65.3 Å². The molecule has 0 aliphatic heterocycles. The van der Waals surface area contributed by atoms with Crippen molar-refractivity contribution in [3.05, 3.63) is 76.8 Å². The average Bonchev–Trinajstić information content (AvgIpc) is 2.85. The van der Waals surface area contributed by atoms with E-state index in [9.17, 15) is 13.4 Å². The van der Waals surface area contributed by atoms with Gasteiger partial charge in [0.2, 0.25) is 5.95 Å². The molecule has 3 N–H and O–H groups in total. The number of anilines is 2. The van der Waals surface area contributed by atoms with Crippen molar-refractivity contribution < 1.29 is 18.5 Å². The van der Waals surface area contributed by atoms with Gasteiger partial charge in [-0.1, -0.05) is 34.1 Å². The van der Waals surface area contributed by atoms with Crippen molar-refractivity contribution in [1.82, 2.24) is 20.3 Å². The summed E-state index contributed by atoms with van der Waals surface area (Å²) >= 11 is 3.53. The van der Waals surface area contributed by atoms with E-state index in [0.717, 1.165) is 10.0 Å². The maximum Gasteiger partial charge on any atom is 0.270 e. The predicted octanol–water partition coefficient (Wildman–Crippen LogP) is 3.81. The van der Waals surface area contributed by atoms with Crippen LogP contribution in [0.4, 0.5) is 16.0 Å². The van der Waals surface area contributed by atoms with Crippen molar-refractivity contribution in [2.75, 3.05) is 30.0 Å². The minimum absolute atomic E-state index is 0.156. The van der Waals surface area contributed by atoms with E-state index >= 15 is 0 Å². The standard InChI is InChI=1S/C24H21BrFN5O3S/c25-20-4-2-1-3-18(20)19-13-15-14-28-24(29-17-7-5-16(26)6-8-17)31-22(15)30-21(19)23(33)27-9-11-35(34)12-10-32/h1-8,13-14,32H,9-12H2,(H,27,33)(H,28,29,30,31). The lowest BCUT2D eigenvalue weighted by molar-refractivity contribution is 0.0952. The Bertz CT molecular complexity index is 1390. The SMILES string of the molecule is O=C(NCCS(=O)CCO)c1nc2nc(Nc3ccc(F)cc3)ncc2cc1-c1ccccc1Br. The van der Waals surface area contributed by atoms with Gasteiger partial charge in [0.05, 0.1) is 6.61 Å². The van der Waals surface area contributed by atoms with Crippen molar-refractivity contribution in [3.63, 3.8) is 0 Å². The van der Waals surface area contributed by atoms with E-state index in [2.05, 4.69) is 41.5 Å². The number of aromatic nitrogens is 3. The number of hydrogen-bond donors (Lipinski definition) is 3. The third-order valence-corrected chi connectivity index (χ3v) is 6.97. The summed E-state index contributed by atoms with van der Waals surface area (Å²) in [6.45, 7) is -0.00529. The summed E-state index contributed by atoms with van der Waals surface area (Å²) in [6.07, 6.45) is 1.60. The first-order chi connectivity index (χ1) is 16.9. The Hall–Kier alpha value is -3.28. The fraction of sp³-hybridized carbons (Fsp3) is 0.167. The fourth-order valence-electron chi connectivity index (χ4n) is 3.31. The summed E-state index contributed by atoms with van der Waals surface area (Å²) in [4.78, 5) is 26.4. The molecule has 0 saturated carbocycles. The average molecular weight is 558 g/mol. The molecule has 1 amide bonds. The van der Waals surface area contributed by atoms with E-state index in [1.807, 2.05) is 24.3 Å². The van der Waals surface area contributed by atoms with E-state index < -0.39 is 16.7 Å². The number of halogens is 2. The number of pyridine rings is 1. The van der Waals surface area contributed by atoms with Gasteiger partial charge in [-0.2, -0.15) is 4.98 Å². The number of carbonyl (C=O) groups is 1. The highest BCUT2D eigenvalue weighted by molar-refractivity contribution is 9.10. The Morgan fingerprint density at radius 2 is 1.83 bits per heavy atom. The molecule has 2 aromatic carbocycles. The maximum absolute atomic E-state index is 13.2. The van der Waals surface area contributed by atoms with Crippen LogP contribution >= 0.6 is 15.9 Å². The van der Waals surface area contributed by atoms with Gasteiger partial charge in [0.1, 0.15) is 11.5 Å². The molecule has 180 valence electrons. The second-order valence-corrected chi connectivity index (χ2v) is 9.98. The second kappa shape index (κ2) is 11.4. The molecule has 1 atom stereocenters. The Balaban J connectivity index is 1.69. The van der Waals surface area contributed by atoms with Crippen LogP contribution < -0.4 is 10.6 Å². The highest BCUT2D eigenvalue weighted by atomic mass is 79.9. The Morgan fingerprint density at radius 1 is 1.06 bits per heavy atom. The van der Waals surface area contributed by atoms with Crippen LogP contribution in [-0.2, 0) is 10.8 Å². The quantitative estimate of drug-likeness (QED) is 0.286. The Labute approximate surface area is 211 Å². The van der Waals surface area contributed by atoms with Crippen LogP contribution in [0.25, 0.3) is 22.2 Å². The molecule has 0 bridgehead atoms. The molecule has 0 aliphatic carbocycles. The van der Waals surface area contributed by atoms with E-state index in [1.165, 1.54) is 12.1 Å². The van der Waals surface area contributed by atoms with Crippen molar-refractivity contribution >= 4 is 55.3 Å². The third kappa shape index (κ3) is 6.24. The van der Waals surface area contributed by atoms with Gasteiger partial charge in [-0.15, -0.1) is 0 Å². The van der Waals surface area contributed by atoms with Gasteiger partial charge in [0, 0.05) is 56.2 Å². The van der Waals surface area contributed by atoms with Gasteiger partial charge in [-0.05, 0) is 42.0 Å². The zero-order valence-corrected chi connectivity index (χ0v) is 20.8. The van der Waals surface area contributed by atoms with E-state index in [4.69, 9.17) is 5.11 Å². The topological polar surface area (TPSA) is 117 Å². The molecule has 0 radical (unpaired) electrons. The molecule has 4 rings (SSSR count).